The molecule has 6 nitrogen and oxygen atoms in total. The summed E-state index contributed by atoms with van der Waals surface area (Å²) in [6.45, 7) is 16.6. The molecule has 206 valence electrons. The lowest BCUT2D eigenvalue weighted by molar-refractivity contribution is 0.0472. The first-order chi connectivity index (χ1) is 19.2. The Morgan fingerprint density at radius 1 is 0.875 bits per heavy atom. The molecule has 0 saturated carbocycles. The predicted octanol–water partition coefficient (Wildman–Crippen LogP) is 7.31. The van der Waals surface area contributed by atoms with E-state index in [9.17, 15) is 0 Å². The molecule has 6 heteroatoms. The number of aromatic nitrogens is 4. The summed E-state index contributed by atoms with van der Waals surface area (Å²) in [6.07, 6.45) is 4.56. The first-order valence-corrected chi connectivity index (χ1v) is 14.5. The molecular weight excluding hydrogens is 492 g/mol. The topological polar surface area (TPSA) is 60.9 Å². The van der Waals surface area contributed by atoms with E-state index < -0.39 is 0 Å². The fourth-order valence-electron chi connectivity index (χ4n) is 6.32. The Bertz CT molecular complexity index is 1650. The second-order valence-corrected chi connectivity index (χ2v) is 12.5. The number of nitrogens with one attached hydrogen (secondary N) is 1. The minimum atomic E-state index is -0.0814. The summed E-state index contributed by atoms with van der Waals surface area (Å²) in [4.78, 5) is 22.9. The summed E-state index contributed by atoms with van der Waals surface area (Å²) in [5.74, 6) is 0.924. The van der Waals surface area contributed by atoms with E-state index in [1.165, 1.54) is 16.8 Å². The predicted molar refractivity (Wildman–Crippen MR) is 166 cm³/mol. The molecule has 0 spiro atoms. The van der Waals surface area contributed by atoms with Crippen molar-refractivity contribution in [1.29, 1.82) is 0 Å². The number of imidazole rings is 1. The number of fused-ring (bicyclic) bond motifs is 2. The molecule has 2 aromatic heterocycles. The van der Waals surface area contributed by atoms with E-state index in [0.29, 0.717) is 6.04 Å². The Labute approximate surface area is 237 Å². The van der Waals surface area contributed by atoms with Gasteiger partial charge in [-0.2, -0.15) is 0 Å². The molecule has 0 amide bonds. The van der Waals surface area contributed by atoms with Crippen molar-refractivity contribution >= 4 is 27.8 Å². The lowest BCUT2D eigenvalue weighted by Crippen LogP contribution is -2.59. The third-order valence-electron chi connectivity index (χ3n) is 8.90. The summed E-state index contributed by atoms with van der Waals surface area (Å²) in [6, 6.07) is 22.2. The number of aromatic amines is 1. The van der Waals surface area contributed by atoms with Gasteiger partial charge in [0.2, 0.25) is 0 Å². The number of H-pyrrole nitrogens is 1. The second-order valence-electron chi connectivity index (χ2n) is 12.5. The van der Waals surface area contributed by atoms with Crippen molar-refractivity contribution in [3.63, 3.8) is 0 Å². The Morgan fingerprint density at radius 3 is 2.30 bits per heavy atom. The summed E-state index contributed by atoms with van der Waals surface area (Å²) in [7, 11) is 0. The van der Waals surface area contributed by atoms with Crippen molar-refractivity contribution in [2.24, 2.45) is 0 Å². The molecule has 3 heterocycles. The van der Waals surface area contributed by atoms with Gasteiger partial charge in [-0.05, 0) is 61.1 Å². The molecular formula is C34H40N6. The monoisotopic (exact) mass is 532 g/mol. The van der Waals surface area contributed by atoms with Gasteiger partial charge in [-0.25, -0.2) is 4.98 Å². The molecule has 0 bridgehead atoms. The van der Waals surface area contributed by atoms with Crippen LogP contribution in [0.4, 0.5) is 5.69 Å². The first kappa shape index (κ1) is 26.5. The minimum Gasteiger partial charge on any atom is -0.367 e. The lowest BCUT2D eigenvalue weighted by Gasteiger charge is -2.50. The molecule has 6 rings (SSSR count). The Balaban J connectivity index is 1.26. The standard InChI is InChI=1S/C34H40N6/c1-7-34(6,26-15-16-27-29(21-26)36-18-17-35-27)40-20-19-39(22-23(40)2)30-10-8-9-28-31(30)38-32(37-28)24-11-13-25(14-12-24)33(3,4)5/h8-18,21,23H,7,19-20,22H2,1-6H3,(H,37,38)/t23-,34?/m0/s1. The highest BCUT2D eigenvalue weighted by molar-refractivity contribution is 5.91. The van der Waals surface area contributed by atoms with Crippen molar-refractivity contribution < 1.29 is 0 Å². The fraction of sp³-hybridized carbons (Fsp3) is 0.382. The maximum absolute atomic E-state index is 5.11. The highest BCUT2D eigenvalue weighted by atomic mass is 15.3. The summed E-state index contributed by atoms with van der Waals surface area (Å²) >= 11 is 0. The Hall–Kier alpha value is -3.77. The molecule has 0 radical (unpaired) electrons. The average Bonchev–Trinajstić information content (AvgIpc) is 3.41. The molecule has 5 aromatic rings. The van der Waals surface area contributed by atoms with Crippen LogP contribution in [0.3, 0.4) is 0 Å². The zero-order chi connectivity index (χ0) is 28.1. The van der Waals surface area contributed by atoms with E-state index in [4.69, 9.17) is 4.98 Å². The number of benzene rings is 3. The second kappa shape index (κ2) is 10.0. The van der Waals surface area contributed by atoms with Crippen molar-refractivity contribution in [2.45, 2.75) is 65.0 Å². The maximum atomic E-state index is 5.11. The number of hydrogen-bond acceptors (Lipinski definition) is 5. The molecule has 1 fully saturated rings. The van der Waals surface area contributed by atoms with E-state index in [0.717, 1.165) is 59.5 Å². The zero-order valence-electron chi connectivity index (χ0n) is 24.6. The molecule has 3 aromatic carbocycles. The molecule has 1 saturated heterocycles. The highest BCUT2D eigenvalue weighted by Crippen LogP contribution is 2.38. The van der Waals surface area contributed by atoms with E-state index in [1.807, 2.05) is 0 Å². The van der Waals surface area contributed by atoms with Gasteiger partial charge in [0.15, 0.2) is 0 Å². The summed E-state index contributed by atoms with van der Waals surface area (Å²) < 4.78 is 0. The third kappa shape index (κ3) is 4.64. The van der Waals surface area contributed by atoms with Crippen LogP contribution in [0.1, 0.15) is 59.1 Å². The maximum Gasteiger partial charge on any atom is 0.138 e. The van der Waals surface area contributed by atoms with Crippen LogP contribution in [0.15, 0.2) is 73.1 Å². The van der Waals surface area contributed by atoms with Crippen molar-refractivity contribution in [3.8, 4) is 11.4 Å². The molecule has 2 atom stereocenters. The van der Waals surface area contributed by atoms with Gasteiger partial charge in [0, 0.05) is 49.2 Å². The Morgan fingerprint density at radius 2 is 1.60 bits per heavy atom. The van der Waals surface area contributed by atoms with Crippen molar-refractivity contribution in [1.82, 2.24) is 24.8 Å². The molecule has 1 aliphatic rings. The fourth-order valence-corrected chi connectivity index (χ4v) is 6.32. The van der Waals surface area contributed by atoms with Gasteiger partial charge >= 0.3 is 0 Å². The highest BCUT2D eigenvalue weighted by Gasteiger charge is 2.38. The van der Waals surface area contributed by atoms with Crippen LogP contribution >= 0.6 is 0 Å². The first-order valence-electron chi connectivity index (χ1n) is 14.5. The van der Waals surface area contributed by atoms with E-state index in [1.54, 1.807) is 12.4 Å². The Kier molecular flexibility index (Phi) is 6.62. The zero-order valence-corrected chi connectivity index (χ0v) is 24.6. The van der Waals surface area contributed by atoms with Crippen LogP contribution in [-0.2, 0) is 11.0 Å². The number of para-hydroxylation sites is 1. The van der Waals surface area contributed by atoms with Gasteiger partial charge in [0.25, 0.3) is 0 Å². The normalized spacial score (nSPS) is 18.4. The SMILES string of the molecule is CCC(C)(c1ccc2nccnc2c1)N1CCN(c2cccc3[nH]c(-c4ccc(C(C)(C)C)cc4)nc23)C[C@@H]1C. The lowest BCUT2D eigenvalue weighted by atomic mass is 9.85. The quantitative estimate of drug-likeness (QED) is 0.257. The van der Waals surface area contributed by atoms with Gasteiger partial charge in [-0.1, -0.05) is 64.1 Å². The van der Waals surface area contributed by atoms with E-state index >= 15 is 0 Å². The minimum absolute atomic E-state index is 0.0814. The van der Waals surface area contributed by atoms with Gasteiger partial charge in [0.05, 0.1) is 22.2 Å². The molecule has 1 N–H and O–H groups in total. The van der Waals surface area contributed by atoms with Gasteiger partial charge in [0.1, 0.15) is 11.3 Å². The molecule has 0 aliphatic carbocycles. The summed E-state index contributed by atoms with van der Waals surface area (Å²) in [5, 5.41) is 0. The van der Waals surface area contributed by atoms with Gasteiger partial charge < -0.3 is 9.88 Å². The van der Waals surface area contributed by atoms with Crippen LogP contribution in [-0.4, -0.2) is 50.5 Å². The molecule has 1 aliphatic heterocycles. The average molecular weight is 533 g/mol. The smallest absolute Gasteiger partial charge is 0.138 e. The number of piperazine rings is 1. The third-order valence-corrected chi connectivity index (χ3v) is 8.90. The van der Waals surface area contributed by atoms with Gasteiger partial charge in [-0.15, -0.1) is 0 Å². The summed E-state index contributed by atoms with van der Waals surface area (Å²) in [5.41, 5.74) is 9.04. The van der Waals surface area contributed by atoms with Crippen LogP contribution in [0.5, 0.6) is 0 Å². The number of hydrogen-bond donors (Lipinski definition) is 1. The van der Waals surface area contributed by atoms with Crippen LogP contribution in [0, 0.1) is 0 Å². The van der Waals surface area contributed by atoms with Crippen LogP contribution in [0.2, 0.25) is 0 Å². The molecule has 40 heavy (non-hydrogen) atoms. The van der Waals surface area contributed by atoms with E-state index in [-0.39, 0.29) is 11.0 Å². The number of rotatable bonds is 5. The molecule has 1 unspecified atom stereocenters. The largest absolute Gasteiger partial charge is 0.367 e. The van der Waals surface area contributed by atoms with Crippen LogP contribution < -0.4 is 4.90 Å². The van der Waals surface area contributed by atoms with Gasteiger partial charge in [-0.3, -0.25) is 14.9 Å². The van der Waals surface area contributed by atoms with E-state index in [2.05, 4.69) is 127 Å². The van der Waals surface area contributed by atoms with Crippen LogP contribution in [0.25, 0.3) is 33.5 Å². The van der Waals surface area contributed by atoms with Crippen molar-refractivity contribution in [3.05, 3.63) is 84.2 Å². The van der Waals surface area contributed by atoms with Crippen molar-refractivity contribution in [2.75, 3.05) is 24.5 Å². The number of nitrogens with zero attached hydrogens (tertiary/aromatic N) is 5. The number of anilines is 1.